The smallest absolute Gasteiger partial charge is 0.192 e. The number of carbonyl (C=O) groups is 1. The molecule has 0 aromatic carbocycles. The Morgan fingerprint density at radius 1 is 1.38 bits per heavy atom. The molecule has 0 fully saturated rings. The lowest BCUT2D eigenvalue weighted by atomic mass is 10.4. The molecule has 0 bridgehead atoms. The van der Waals surface area contributed by atoms with E-state index >= 15 is 0 Å². The number of aliphatic hydroxyl groups excluding tert-OH is 1. The zero-order chi connectivity index (χ0) is 12.2. The predicted octanol–water partition coefficient (Wildman–Crippen LogP) is 1.33. The number of thioether (sulfide) groups is 1. The molecule has 0 aliphatic carbocycles. The van der Waals surface area contributed by atoms with Gasteiger partial charge < -0.3 is 14.7 Å². The van der Waals surface area contributed by atoms with E-state index in [-0.39, 0.29) is 11.7 Å². The Balaban J connectivity index is 3.37. The van der Waals surface area contributed by atoms with Gasteiger partial charge in [0.25, 0.3) is 0 Å². The molecule has 0 aromatic heterocycles. The normalized spacial score (nSPS) is 11.0. The first-order chi connectivity index (χ1) is 7.74. The van der Waals surface area contributed by atoms with E-state index in [0.717, 1.165) is 19.6 Å². The number of carbonyl (C=O) groups excluding carboxylic acids is 1. The lowest BCUT2D eigenvalue weighted by Gasteiger charge is -2.16. The topological polar surface area (TPSA) is 49.8 Å². The maximum absolute atomic E-state index is 11.4. The van der Waals surface area contributed by atoms with Crippen molar-refractivity contribution in [2.75, 3.05) is 38.8 Å². The molecule has 96 valence electrons. The van der Waals surface area contributed by atoms with Gasteiger partial charge in [-0.25, -0.2) is 0 Å². The molecule has 0 amide bonds. The van der Waals surface area contributed by atoms with Crippen LogP contribution < -0.4 is 0 Å². The van der Waals surface area contributed by atoms with Crippen molar-refractivity contribution in [3.05, 3.63) is 0 Å². The summed E-state index contributed by atoms with van der Waals surface area (Å²) in [6.07, 6.45) is 1.21. The molecular weight excluding hydrogens is 226 g/mol. The Kier molecular flexibility index (Phi) is 11.3. The Bertz CT molecular complexity index is 175. The molecule has 4 nitrogen and oxygen atoms in total. The van der Waals surface area contributed by atoms with Gasteiger partial charge in [-0.1, -0.05) is 25.6 Å². The first-order valence-corrected chi connectivity index (χ1v) is 6.79. The molecule has 5 heteroatoms. The van der Waals surface area contributed by atoms with Gasteiger partial charge in [0, 0.05) is 26.2 Å². The van der Waals surface area contributed by atoms with Gasteiger partial charge in [-0.3, -0.25) is 4.79 Å². The summed E-state index contributed by atoms with van der Waals surface area (Å²) in [6.45, 7) is 7.66. The van der Waals surface area contributed by atoms with Crippen molar-refractivity contribution in [1.82, 2.24) is 4.90 Å². The van der Waals surface area contributed by atoms with E-state index in [1.165, 1.54) is 11.8 Å². The van der Waals surface area contributed by atoms with Gasteiger partial charge in [0.1, 0.15) is 0 Å². The van der Waals surface area contributed by atoms with Crippen LogP contribution in [0, 0.1) is 0 Å². The highest BCUT2D eigenvalue weighted by atomic mass is 32.2. The van der Waals surface area contributed by atoms with Crippen molar-refractivity contribution in [2.24, 2.45) is 0 Å². The molecule has 0 saturated carbocycles. The van der Waals surface area contributed by atoms with E-state index in [0.29, 0.717) is 25.4 Å². The van der Waals surface area contributed by atoms with E-state index in [1.54, 1.807) is 0 Å². The third-order valence-corrected chi connectivity index (χ3v) is 3.09. The van der Waals surface area contributed by atoms with Crippen molar-refractivity contribution in [1.29, 1.82) is 0 Å². The summed E-state index contributed by atoms with van der Waals surface area (Å²) in [7, 11) is 0. The fourth-order valence-corrected chi connectivity index (χ4v) is 1.76. The minimum absolute atomic E-state index is 0.139. The summed E-state index contributed by atoms with van der Waals surface area (Å²) >= 11 is 1.22. The molecule has 0 unspecified atom stereocenters. The Labute approximate surface area is 102 Å². The third kappa shape index (κ3) is 9.15. The SMILES string of the molecule is CCN(CC)CCC(=O)SCOCCCO. The quantitative estimate of drug-likeness (QED) is 0.467. The van der Waals surface area contributed by atoms with Gasteiger partial charge in [0.05, 0.1) is 5.94 Å². The highest BCUT2D eigenvalue weighted by Crippen LogP contribution is 2.06. The van der Waals surface area contributed by atoms with Gasteiger partial charge in [-0.05, 0) is 19.5 Å². The van der Waals surface area contributed by atoms with Crippen LogP contribution in [0.5, 0.6) is 0 Å². The second-order valence-electron chi connectivity index (χ2n) is 3.40. The van der Waals surface area contributed by atoms with Gasteiger partial charge in [0.2, 0.25) is 0 Å². The minimum atomic E-state index is 0.139. The van der Waals surface area contributed by atoms with Crippen LogP contribution in [0.4, 0.5) is 0 Å². The summed E-state index contributed by atoms with van der Waals surface area (Å²) in [5, 5.41) is 8.69. The number of hydrogen-bond acceptors (Lipinski definition) is 5. The molecule has 0 atom stereocenters. The van der Waals surface area contributed by atoms with Gasteiger partial charge in [-0.2, -0.15) is 0 Å². The van der Waals surface area contributed by atoms with E-state index in [1.807, 2.05) is 0 Å². The number of nitrogens with zero attached hydrogens (tertiary/aromatic N) is 1. The van der Waals surface area contributed by atoms with E-state index in [4.69, 9.17) is 9.84 Å². The van der Waals surface area contributed by atoms with Gasteiger partial charge in [0.15, 0.2) is 5.12 Å². The number of rotatable bonds is 10. The fourth-order valence-electron chi connectivity index (χ4n) is 1.19. The lowest BCUT2D eigenvalue weighted by Crippen LogP contribution is -2.25. The molecular formula is C11H23NO3S. The summed E-state index contributed by atoms with van der Waals surface area (Å²) < 4.78 is 5.17. The molecule has 0 aromatic rings. The van der Waals surface area contributed by atoms with E-state index in [2.05, 4.69) is 18.7 Å². The predicted molar refractivity (Wildman–Crippen MR) is 67.5 cm³/mol. The third-order valence-electron chi connectivity index (χ3n) is 2.28. The van der Waals surface area contributed by atoms with Crippen molar-refractivity contribution in [2.45, 2.75) is 26.7 Å². The maximum Gasteiger partial charge on any atom is 0.192 e. The molecule has 0 radical (unpaired) electrons. The van der Waals surface area contributed by atoms with Gasteiger partial charge in [-0.15, -0.1) is 0 Å². The van der Waals surface area contributed by atoms with Gasteiger partial charge >= 0.3 is 0 Å². The average Bonchev–Trinajstić information content (AvgIpc) is 2.30. The second-order valence-corrected chi connectivity index (χ2v) is 4.38. The van der Waals surface area contributed by atoms with Crippen molar-refractivity contribution in [3.8, 4) is 0 Å². The van der Waals surface area contributed by atoms with Crippen molar-refractivity contribution >= 4 is 16.9 Å². The summed E-state index contributed by atoms with van der Waals surface area (Å²) in [6, 6.07) is 0. The lowest BCUT2D eigenvalue weighted by molar-refractivity contribution is -0.111. The molecule has 0 aliphatic rings. The van der Waals surface area contributed by atoms with Crippen LogP contribution in [0.2, 0.25) is 0 Å². The Morgan fingerprint density at radius 2 is 2.06 bits per heavy atom. The summed E-state index contributed by atoms with van der Waals surface area (Å²) in [5.74, 6) is 0.400. The number of aliphatic hydroxyl groups is 1. The first-order valence-electron chi connectivity index (χ1n) is 5.81. The van der Waals surface area contributed by atoms with Crippen LogP contribution in [-0.2, 0) is 9.53 Å². The monoisotopic (exact) mass is 249 g/mol. The zero-order valence-electron chi connectivity index (χ0n) is 10.3. The zero-order valence-corrected chi connectivity index (χ0v) is 11.1. The van der Waals surface area contributed by atoms with E-state index in [9.17, 15) is 4.79 Å². The number of hydrogen-bond donors (Lipinski definition) is 1. The second kappa shape index (κ2) is 11.4. The Morgan fingerprint density at radius 3 is 2.62 bits per heavy atom. The Hall–Kier alpha value is -0.100. The van der Waals surface area contributed by atoms with Crippen LogP contribution in [0.3, 0.4) is 0 Å². The highest BCUT2D eigenvalue weighted by molar-refractivity contribution is 8.13. The van der Waals surface area contributed by atoms with Crippen LogP contribution >= 0.6 is 11.8 Å². The van der Waals surface area contributed by atoms with Crippen molar-refractivity contribution < 1.29 is 14.6 Å². The first kappa shape index (κ1) is 15.9. The molecule has 0 saturated heterocycles. The molecule has 16 heavy (non-hydrogen) atoms. The standard InChI is InChI=1S/C11H23NO3S/c1-3-12(4-2)7-6-11(14)16-10-15-9-5-8-13/h13H,3-10H2,1-2H3. The highest BCUT2D eigenvalue weighted by Gasteiger charge is 2.05. The van der Waals surface area contributed by atoms with Crippen LogP contribution in [0.25, 0.3) is 0 Å². The largest absolute Gasteiger partial charge is 0.396 e. The van der Waals surface area contributed by atoms with E-state index < -0.39 is 0 Å². The minimum Gasteiger partial charge on any atom is -0.396 e. The van der Waals surface area contributed by atoms with Crippen LogP contribution in [-0.4, -0.2) is 53.9 Å². The average molecular weight is 249 g/mol. The molecule has 1 N–H and O–H groups in total. The maximum atomic E-state index is 11.4. The molecule has 0 aliphatic heterocycles. The number of ether oxygens (including phenoxy) is 1. The van der Waals surface area contributed by atoms with Crippen LogP contribution in [0.1, 0.15) is 26.7 Å². The summed E-state index contributed by atoms with van der Waals surface area (Å²) in [5.41, 5.74) is 0. The molecule has 0 heterocycles. The molecule has 0 rings (SSSR count). The van der Waals surface area contributed by atoms with Crippen LogP contribution in [0.15, 0.2) is 0 Å². The van der Waals surface area contributed by atoms with Crippen molar-refractivity contribution in [3.63, 3.8) is 0 Å². The fraction of sp³-hybridized carbons (Fsp3) is 0.909. The summed E-state index contributed by atoms with van der Waals surface area (Å²) in [4.78, 5) is 13.6. The molecule has 0 spiro atoms.